The second kappa shape index (κ2) is 6.92. The van der Waals surface area contributed by atoms with Crippen LogP contribution in [0.2, 0.25) is 0 Å². The van der Waals surface area contributed by atoms with Gasteiger partial charge in [-0.15, -0.1) is 0 Å². The van der Waals surface area contributed by atoms with E-state index in [2.05, 4.69) is 10.1 Å². The van der Waals surface area contributed by atoms with Crippen molar-refractivity contribution in [2.24, 2.45) is 0 Å². The lowest BCUT2D eigenvalue weighted by Crippen LogP contribution is -2.17. The van der Waals surface area contributed by atoms with Gasteiger partial charge in [0, 0.05) is 11.7 Å². The molecule has 0 saturated carbocycles. The van der Waals surface area contributed by atoms with Gasteiger partial charge in [0.2, 0.25) is 0 Å². The summed E-state index contributed by atoms with van der Waals surface area (Å²) in [5.41, 5.74) is 1.94. The third-order valence-electron chi connectivity index (χ3n) is 2.97. The zero-order valence-electron chi connectivity index (χ0n) is 11.6. The number of nitrogens with one attached hydrogen (secondary N) is 1. The standard InChI is InChI=1S/C16H17F2NO2/c1-11(10-12-2-6-14(20)7-3-12)19-13-4-8-15(9-5-13)21-16(17)18/h2-9,11,16,19-20H,10H2,1H3. The molecule has 21 heavy (non-hydrogen) atoms. The summed E-state index contributed by atoms with van der Waals surface area (Å²) < 4.78 is 28.4. The van der Waals surface area contributed by atoms with Crippen molar-refractivity contribution in [3.8, 4) is 11.5 Å². The molecule has 1 atom stereocenters. The molecule has 2 aromatic carbocycles. The maximum Gasteiger partial charge on any atom is 0.387 e. The largest absolute Gasteiger partial charge is 0.508 e. The summed E-state index contributed by atoms with van der Waals surface area (Å²) in [4.78, 5) is 0. The van der Waals surface area contributed by atoms with E-state index in [9.17, 15) is 13.9 Å². The topological polar surface area (TPSA) is 41.5 Å². The Hall–Kier alpha value is -2.30. The number of halogens is 2. The first-order valence-electron chi connectivity index (χ1n) is 6.62. The monoisotopic (exact) mass is 293 g/mol. The highest BCUT2D eigenvalue weighted by Gasteiger charge is 2.06. The molecule has 0 aliphatic carbocycles. The van der Waals surface area contributed by atoms with Crippen LogP contribution in [0.5, 0.6) is 11.5 Å². The molecule has 0 bridgehead atoms. The number of aromatic hydroxyl groups is 1. The Morgan fingerprint density at radius 1 is 1.05 bits per heavy atom. The first-order chi connectivity index (χ1) is 10.0. The van der Waals surface area contributed by atoms with Gasteiger partial charge in [0.15, 0.2) is 0 Å². The first kappa shape index (κ1) is 15.1. The Morgan fingerprint density at radius 3 is 2.24 bits per heavy atom. The highest BCUT2D eigenvalue weighted by Crippen LogP contribution is 2.19. The molecular formula is C16H17F2NO2. The minimum Gasteiger partial charge on any atom is -0.508 e. The van der Waals surface area contributed by atoms with E-state index in [1.54, 1.807) is 24.3 Å². The molecule has 0 radical (unpaired) electrons. The van der Waals surface area contributed by atoms with E-state index in [0.717, 1.165) is 17.7 Å². The summed E-state index contributed by atoms with van der Waals surface area (Å²) in [5, 5.41) is 12.5. The SMILES string of the molecule is CC(Cc1ccc(O)cc1)Nc1ccc(OC(F)F)cc1. The molecule has 5 heteroatoms. The summed E-state index contributed by atoms with van der Waals surface area (Å²) >= 11 is 0. The average Bonchev–Trinajstić information content (AvgIpc) is 2.43. The number of phenolic OH excluding ortho intramolecular Hbond substituents is 1. The summed E-state index contributed by atoms with van der Waals surface area (Å²) in [6.45, 7) is -0.784. The molecular weight excluding hydrogens is 276 g/mol. The van der Waals surface area contributed by atoms with Crippen LogP contribution < -0.4 is 10.1 Å². The summed E-state index contributed by atoms with van der Waals surface area (Å²) in [6.07, 6.45) is 0.787. The molecule has 112 valence electrons. The quantitative estimate of drug-likeness (QED) is 0.844. The van der Waals surface area contributed by atoms with Crippen LogP contribution in [-0.4, -0.2) is 17.8 Å². The minimum atomic E-state index is -2.81. The van der Waals surface area contributed by atoms with Crippen molar-refractivity contribution in [3.05, 3.63) is 54.1 Å². The third kappa shape index (κ3) is 4.95. The normalized spacial score (nSPS) is 12.2. The lowest BCUT2D eigenvalue weighted by molar-refractivity contribution is -0.0498. The van der Waals surface area contributed by atoms with Gasteiger partial charge < -0.3 is 15.2 Å². The van der Waals surface area contributed by atoms with Crippen molar-refractivity contribution in [3.63, 3.8) is 0 Å². The van der Waals surface area contributed by atoms with E-state index in [4.69, 9.17) is 0 Å². The van der Waals surface area contributed by atoms with Crippen molar-refractivity contribution in [2.45, 2.75) is 26.0 Å². The van der Waals surface area contributed by atoms with Crippen LogP contribution in [0.25, 0.3) is 0 Å². The Kier molecular flexibility index (Phi) is 4.98. The molecule has 0 heterocycles. The van der Waals surface area contributed by atoms with Crippen molar-refractivity contribution in [2.75, 3.05) is 5.32 Å². The van der Waals surface area contributed by atoms with Crippen molar-refractivity contribution < 1.29 is 18.6 Å². The molecule has 2 N–H and O–H groups in total. The second-order valence-electron chi connectivity index (χ2n) is 4.82. The van der Waals surface area contributed by atoms with Crippen LogP contribution in [0, 0.1) is 0 Å². The van der Waals surface area contributed by atoms with Crippen LogP contribution in [0.1, 0.15) is 12.5 Å². The van der Waals surface area contributed by atoms with Crippen molar-refractivity contribution in [1.82, 2.24) is 0 Å². The van der Waals surface area contributed by atoms with E-state index in [1.807, 2.05) is 19.1 Å². The van der Waals surface area contributed by atoms with Gasteiger partial charge in [-0.3, -0.25) is 0 Å². The van der Waals surface area contributed by atoms with Crippen LogP contribution in [0.15, 0.2) is 48.5 Å². The van der Waals surface area contributed by atoms with Crippen molar-refractivity contribution >= 4 is 5.69 Å². The van der Waals surface area contributed by atoms with E-state index in [-0.39, 0.29) is 17.5 Å². The molecule has 0 spiro atoms. The maximum absolute atomic E-state index is 12.0. The Morgan fingerprint density at radius 2 is 1.67 bits per heavy atom. The Balaban J connectivity index is 1.90. The van der Waals surface area contributed by atoms with Gasteiger partial charge in [0.1, 0.15) is 11.5 Å². The Labute approximate surface area is 122 Å². The fourth-order valence-corrected chi connectivity index (χ4v) is 2.05. The molecule has 0 saturated heterocycles. The van der Waals surface area contributed by atoms with Crippen LogP contribution in [-0.2, 0) is 6.42 Å². The van der Waals surface area contributed by atoms with Gasteiger partial charge >= 0.3 is 6.61 Å². The maximum atomic E-state index is 12.0. The van der Waals surface area contributed by atoms with Gasteiger partial charge in [-0.25, -0.2) is 0 Å². The summed E-state index contributed by atoms with van der Waals surface area (Å²) in [7, 11) is 0. The van der Waals surface area contributed by atoms with E-state index < -0.39 is 6.61 Å². The molecule has 2 aromatic rings. The predicted octanol–water partition coefficient (Wildman–Crippen LogP) is 4.04. The number of anilines is 1. The number of benzene rings is 2. The molecule has 0 fully saturated rings. The van der Waals surface area contributed by atoms with Gasteiger partial charge in [0.05, 0.1) is 0 Å². The molecule has 2 rings (SSSR count). The minimum absolute atomic E-state index is 0.140. The molecule has 0 aliphatic rings. The summed E-state index contributed by atoms with van der Waals surface area (Å²) in [6, 6.07) is 13.6. The van der Waals surface area contributed by atoms with E-state index in [1.165, 1.54) is 12.1 Å². The fourth-order valence-electron chi connectivity index (χ4n) is 2.05. The molecule has 0 aromatic heterocycles. The molecule has 0 aliphatic heterocycles. The van der Waals surface area contributed by atoms with E-state index >= 15 is 0 Å². The lowest BCUT2D eigenvalue weighted by Gasteiger charge is -2.16. The zero-order valence-corrected chi connectivity index (χ0v) is 11.6. The predicted molar refractivity (Wildman–Crippen MR) is 78.0 cm³/mol. The van der Waals surface area contributed by atoms with E-state index in [0.29, 0.717) is 0 Å². The zero-order chi connectivity index (χ0) is 15.2. The highest BCUT2D eigenvalue weighted by atomic mass is 19.3. The molecule has 0 amide bonds. The van der Waals surface area contributed by atoms with Gasteiger partial charge in [-0.2, -0.15) is 8.78 Å². The molecule has 1 unspecified atom stereocenters. The number of hydrogen-bond acceptors (Lipinski definition) is 3. The number of phenols is 1. The van der Waals surface area contributed by atoms with Crippen molar-refractivity contribution in [1.29, 1.82) is 0 Å². The number of ether oxygens (including phenoxy) is 1. The van der Waals surface area contributed by atoms with Gasteiger partial charge in [-0.05, 0) is 55.3 Å². The third-order valence-corrected chi connectivity index (χ3v) is 2.97. The number of alkyl halides is 2. The second-order valence-corrected chi connectivity index (χ2v) is 4.82. The van der Waals surface area contributed by atoms with Crippen LogP contribution >= 0.6 is 0 Å². The Bertz CT molecular complexity index is 555. The van der Waals surface area contributed by atoms with Gasteiger partial charge in [0.25, 0.3) is 0 Å². The fraction of sp³-hybridized carbons (Fsp3) is 0.250. The van der Waals surface area contributed by atoms with Crippen LogP contribution in [0.3, 0.4) is 0 Å². The van der Waals surface area contributed by atoms with Crippen LogP contribution in [0.4, 0.5) is 14.5 Å². The average molecular weight is 293 g/mol. The summed E-state index contributed by atoms with van der Waals surface area (Å²) in [5.74, 6) is 0.385. The lowest BCUT2D eigenvalue weighted by atomic mass is 10.1. The smallest absolute Gasteiger partial charge is 0.387 e. The highest BCUT2D eigenvalue weighted by molar-refractivity contribution is 5.47. The molecule has 3 nitrogen and oxygen atoms in total. The number of rotatable bonds is 6. The first-order valence-corrected chi connectivity index (χ1v) is 6.62. The number of hydrogen-bond donors (Lipinski definition) is 2. The van der Waals surface area contributed by atoms with Gasteiger partial charge in [-0.1, -0.05) is 12.1 Å².